The zero-order valence-corrected chi connectivity index (χ0v) is 29.6. The van der Waals surface area contributed by atoms with E-state index in [9.17, 15) is 19.2 Å². The lowest BCUT2D eigenvalue weighted by atomic mass is 10.0. The van der Waals surface area contributed by atoms with E-state index in [2.05, 4.69) is 51.6 Å². The van der Waals surface area contributed by atoms with Crippen molar-refractivity contribution >= 4 is 111 Å². The van der Waals surface area contributed by atoms with Gasteiger partial charge >= 0.3 is 0 Å². The smallest absolute Gasteiger partial charge is 0.257 e. The van der Waals surface area contributed by atoms with Gasteiger partial charge in [-0.1, -0.05) is 46.9 Å². The first-order chi connectivity index (χ1) is 25.4. The largest absolute Gasteiger partial charge is 0.298 e. The summed E-state index contributed by atoms with van der Waals surface area (Å²) in [4.78, 5) is 57.2. The fourth-order valence-corrected chi connectivity index (χ4v) is 6.69. The molecule has 0 aliphatic heterocycles. The van der Waals surface area contributed by atoms with Gasteiger partial charge in [-0.15, -0.1) is 43.1 Å². The third kappa shape index (κ3) is 8.33. The van der Waals surface area contributed by atoms with Gasteiger partial charge in [-0.3, -0.25) is 40.4 Å². The van der Waals surface area contributed by atoms with Gasteiger partial charge in [0.2, 0.25) is 10.3 Å². The van der Waals surface area contributed by atoms with Gasteiger partial charge in [0.1, 0.15) is 11.0 Å². The Morgan fingerprint density at radius 3 is 1.02 bits per heavy atom. The monoisotopic (exact) mass is 762 g/mol. The van der Waals surface area contributed by atoms with E-state index in [4.69, 9.17) is 0 Å². The van der Waals surface area contributed by atoms with Crippen molar-refractivity contribution in [3.05, 3.63) is 129 Å². The average Bonchev–Trinajstić information content (AvgIpc) is 4.02. The van der Waals surface area contributed by atoms with Crippen molar-refractivity contribution in [2.45, 2.75) is 0 Å². The second kappa shape index (κ2) is 15.7. The zero-order chi connectivity index (χ0) is 35.9. The average molecular weight is 763 g/mol. The van der Waals surface area contributed by atoms with E-state index in [0.717, 1.165) is 21.5 Å². The lowest BCUT2D eigenvalue weighted by molar-refractivity contribution is 0.101. The summed E-state index contributed by atoms with van der Waals surface area (Å²) in [6.07, 6.45) is 3.28. The number of carbonyl (C=O) groups is 4. The first-order valence-corrected chi connectivity index (χ1v) is 18.5. The first-order valence-electron chi connectivity index (χ1n) is 15.0. The van der Waals surface area contributed by atoms with Crippen LogP contribution in [0.3, 0.4) is 0 Å². The van der Waals surface area contributed by atoms with Crippen molar-refractivity contribution in [3.63, 3.8) is 0 Å². The van der Waals surface area contributed by atoms with Crippen LogP contribution in [0.4, 0.5) is 20.5 Å². The van der Waals surface area contributed by atoms with Crippen LogP contribution < -0.4 is 21.3 Å². The van der Waals surface area contributed by atoms with Crippen LogP contribution in [0.25, 0.3) is 21.5 Å². The normalized spacial score (nSPS) is 10.6. The molecular formula is C34H22N10O4S4. The van der Waals surface area contributed by atoms with Gasteiger partial charge in [-0.2, -0.15) is 0 Å². The lowest BCUT2D eigenvalue weighted by Crippen LogP contribution is -2.12. The molecule has 0 unspecified atom stereocenters. The number of benzene rings is 4. The molecule has 0 saturated carbocycles. The quantitative estimate of drug-likeness (QED) is 0.122. The summed E-state index contributed by atoms with van der Waals surface area (Å²) < 4.78 is 0. The molecule has 4 aromatic heterocycles. The molecule has 4 aromatic carbocycles. The molecule has 256 valence electrons. The van der Waals surface area contributed by atoms with Crippen LogP contribution in [-0.2, 0) is 0 Å². The van der Waals surface area contributed by atoms with Gasteiger partial charge < -0.3 is 0 Å². The number of thiazole rings is 2. The molecule has 4 N–H and O–H groups in total. The molecule has 52 heavy (non-hydrogen) atoms. The maximum atomic E-state index is 12.3. The molecule has 0 aliphatic carbocycles. The van der Waals surface area contributed by atoms with Crippen LogP contribution in [0.1, 0.15) is 41.4 Å². The molecule has 0 spiro atoms. The highest BCUT2D eigenvalue weighted by Gasteiger charge is 2.13. The second-order valence-corrected chi connectivity index (χ2v) is 14.0. The Morgan fingerprint density at radius 2 is 0.750 bits per heavy atom. The van der Waals surface area contributed by atoms with E-state index in [1.807, 2.05) is 12.1 Å². The highest BCUT2D eigenvalue weighted by atomic mass is 32.1. The minimum atomic E-state index is -0.262. The third-order valence-electron chi connectivity index (χ3n) is 7.20. The molecule has 18 heteroatoms. The van der Waals surface area contributed by atoms with Gasteiger partial charge in [-0.25, -0.2) is 9.97 Å². The van der Waals surface area contributed by atoms with Crippen LogP contribution in [-0.4, -0.2) is 54.0 Å². The van der Waals surface area contributed by atoms with E-state index in [0.29, 0.717) is 42.8 Å². The Balaban J connectivity index is 0.000000162. The molecule has 0 aliphatic rings. The Morgan fingerprint density at radius 1 is 0.423 bits per heavy atom. The van der Waals surface area contributed by atoms with Crippen molar-refractivity contribution in [2.24, 2.45) is 0 Å². The Kier molecular flexibility index (Phi) is 10.3. The van der Waals surface area contributed by atoms with Gasteiger partial charge in [0.15, 0.2) is 10.3 Å². The number of nitrogens with one attached hydrogen (secondary N) is 4. The summed E-state index contributed by atoms with van der Waals surface area (Å²) in [5.41, 5.74) is 5.16. The SMILES string of the molecule is O=C(Nc1nccs1)c1ccc2cc(C(=O)Nc3nccs3)ccc2c1.O=C(Nc1nncs1)c1ccc2cc(C(=O)Nc3nncs3)ccc2c1. The molecular weight excluding hydrogens is 741 g/mol. The fraction of sp³-hybridized carbons (Fsp3) is 0. The number of nitrogens with zero attached hydrogens (tertiary/aromatic N) is 6. The van der Waals surface area contributed by atoms with Crippen molar-refractivity contribution < 1.29 is 19.2 Å². The van der Waals surface area contributed by atoms with Crippen LogP contribution in [0.15, 0.2) is 107 Å². The van der Waals surface area contributed by atoms with Crippen molar-refractivity contribution in [3.8, 4) is 0 Å². The van der Waals surface area contributed by atoms with Crippen LogP contribution in [0.5, 0.6) is 0 Å². The molecule has 8 rings (SSSR count). The minimum Gasteiger partial charge on any atom is -0.298 e. The molecule has 4 amide bonds. The third-order valence-corrected chi connectivity index (χ3v) is 9.79. The standard InChI is InChI=1S/C18H12N4O2S2.C16H10N6O2S2/c23-15(21-17-19-5-7-25-17)13-3-1-11-9-14(4-2-12(11)10-13)16(24)22-18-20-6-8-26-18;23-13(19-15-21-17-7-25-15)11-3-1-9-5-12(4-2-10(9)6-11)14(24)20-16-22-18-8-26-16/h1-10H,(H,19,21,23)(H,20,22,24);1-8H,(H,19,21,23)(H,20,22,24). The Hall–Kier alpha value is -6.34. The van der Waals surface area contributed by atoms with Crippen LogP contribution in [0, 0.1) is 0 Å². The van der Waals surface area contributed by atoms with E-state index in [-0.39, 0.29) is 23.6 Å². The van der Waals surface area contributed by atoms with Crippen molar-refractivity contribution in [1.29, 1.82) is 0 Å². The van der Waals surface area contributed by atoms with Crippen molar-refractivity contribution in [1.82, 2.24) is 30.4 Å². The molecule has 0 radical (unpaired) electrons. The van der Waals surface area contributed by atoms with Gasteiger partial charge in [0.05, 0.1) is 0 Å². The summed E-state index contributed by atoms with van der Waals surface area (Å²) in [6, 6.07) is 21.2. The van der Waals surface area contributed by atoms with E-state index >= 15 is 0 Å². The van der Waals surface area contributed by atoms with Crippen molar-refractivity contribution in [2.75, 3.05) is 21.3 Å². The number of hydrogen-bond donors (Lipinski definition) is 4. The van der Waals surface area contributed by atoms with E-state index < -0.39 is 0 Å². The first kappa shape index (κ1) is 34.1. The summed E-state index contributed by atoms with van der Waals surface area (Å²) in [6.45, 7) is 0. The van der Waals surface area contributed by atoms with E-state index in [1.165, 1.54) is 45.3 Å². The number of fused-ring (bicyclic) bond motifs is 2. The number of amides is 4. The topological polar surface area (TPSA) is 194 Å². The molecule has 0 bridgehead atoms. The highest BCUT2D eigenvalue weighted by molar-refractivity contribution is 7.14. The number of anilines is 4. The maximum absolute atomic E-state index is 12.3. The molecule has 14 nitrogen and oxygen atoms in total. The fourth-order valence-electron chi connectivity index (χ4n) is 4.76. The minimum absolute atomic E-state index is 0.215. The summed E-state index contributed by atoms with van der Waals surface area (Å²) in [5.74, 6) is -0.955. The Labute approximate surface area is 309 Å². The lowest BCUT2D eigenvalue weighted by Gasteiger charge is -2.06. The van der Waals surface area contributed by atoms with Gasteiger partial charge in [0, 0.05) is 45.4 Å². The summed E-state index contributed by atoms with van der Waals surface area (Å²) in [7, 11) is 0. The summed E-state index contributed by atoms with van der Waals surface area (Å²) in [5, 5.41) is 34.9. The molecule has 4 heterocycles. The Bertz CT molecular complexity index is 2160. The second-order valence-electron chi connectivity index (χ2n) is 10.5. The predicted molar refractivity (Wildman–Crippen MR) is 204 cm³/mol. The van der Waals surface area contributed by atoms with Crippen LogP contribution >= 0.6 is 45.3 Å². The maximum Gasteiger partial charge on any atom is 0.257 e. The number of carbonyl (C=O) groups excluding carboxylic acids is 4. The molecule has 0 saturated heterocycles. The van der Waals surface area contributed by atoms with Gasteiger partial charge in [-0.05, 0) is 70.1 Å². The molecule has 0 fully saturated rings. The number of hydrogen-bond acceptors (Lipinski definition) is 14. The highest BCUT2D eigenvalue weighted by Crippen LogP contribution is 2.22. The molecule has 0 atom stereocenters. The number of rotatable bonds is 8. The zero-order valence-electron chi connectivity index (χ0n) is 26.3. The van der Waals surface area contributed by atoms with E-state index in [1.54, 1.807) is 94.8 Å². The predicted octanol–water partition coefficient (Wildman–Crippen LogP) is 7.30. The number of aromatic nitrogens is 6. The van der Waals surface area contributed by atoms with Crippen LogP contribution in [0.2, 0.25) is 0 Å². The summed E-state index contributed by atoms with van der Waals surface area (Å²) >= 11 is 5.23. The van der Waals surface area contributed by atoms with Gasteiger partial charge in [0.25, 0.3) is 23.6 Å². The molecule has 8 aromatic rings.